The lowest BCUT2D eigenvalue weighted by atomic mass is 9.88. The van der Waals surface area contributed by atoms with Crippen LogP contribution in [-0.4, -0.2) is 43.0 Å². The van der Waals surface area contributed by atoms with Crippen LogP contribution in [-0.2, 0) is 4.74 Å². The Morgan fingerprint density at radius 3 is 2.37 bits per heavy atom. The van der Waals surface area contributed by atoms with Gasteiger partial charge < -0.3 is 9.47 Å². The molecule has 2 saturated heterocycles. The predicted octanol–water partition coefficient (Wildman–Crippen LogP) is 4.55. The van der Waals surface area contributed by atoms with Crippen molar-refractivity contribution in [1.82, 2.24) is 4.90 Å². The van der Waals surface area contributed by atoms with Crippen LogP contribution in [0.25, 0.3) is 0 Å². The van der Waals surface area contributed by atoms with Gasteiger partial charge in [0, 0.05) is 37.3 Å². The van der Waals surface area contributed by atoms with Gasteiger partial charge in [0.25, 0.3) is 0 Å². The van der Waals surface area contributed by atoms with E-state index in [9.17, 15) is 4.79 Å². The molecule has 2 aliphatic rings. The molecular weight excluding hydrogens is 338 g/mol. The first kappa shape index (κ1) is 18.2. The summed E-state index contributed by atoms with van der Waals surface area (Å²) in [5, 5.41) is 0. The van der Waals surface area contributed by atoms with Gasteiger partial charge in [0.1, 0.15) is 11.5 Å². The van der Waals surface area contributed by atoms with Crippen LogP contribution in [0.1, 0.15) is 36.0 Å². The molecule has 0 amide bonds. The minimum atomic E-state index is 0.0995. The third-order valence-electron chi connectivity index (χ3n) is 5.65. The molecule has 1 unspecified atom stereocenters. The molecule has 2 fully saturated rings. The Hall–Kier alpha value is -2.17. The SMILES string of the molecule is O=C(c1ccc(Oc2ccccc2)cc1)C1CCCN(C2CCOCC2)C1. The standard InChI is InChI=1S/C23H27NO3/c25-23(19-5-4-14-24(17-19)20-12-15-26-16-13-20)18-8-10-22(11-9-18)27-21-6-2-1-3-7-21/h1-3,6-11,19-20H,4-5,12-17H2. The van der Waals surface area contributed by atoms with Gasteiger partial charge >= 0.3 is 0 Å². The van der Waals surface area contributed by atoms with Gasteiger partial charge in [0.15, 0.2) is 5.78 Å². The van der Waals surface area contributed by atoms with Gasteiger partial charge in [0.2, 0.25) is 0 Å². The van der Waals surface area contributed by atoms with E-state index in [-0.39, 0.29) is 11.7 Å². The Labute approximate surface area is 161 Å². The van der Waals surface area contributed by atoms with Crippen molar-refractivity contribution in [3.05, 3.63) is 60.2 Å². The second-order valence-electron chi connectivity index (χ2n) is 7.48. The van der Waals surface area contributed by atoms with Crippen molar-refractivity contribution in [3.63, 3.8) is 0 Å². The van der Waals surface area contributed by atoms with Gasteiger partial charge in [-0.1, -0.05) is 18.2 Å². The molecule has 0 saturated carbocycles. The lowest BCUT2D eigenvalue weighted by molar-refractivity contribution is 0.0183. The highest BCUT2D eigenvalue weighted by Gasteiger charge is 2.31. The highest BCUT2D eigenvalue weighted by atomic mass is 16.5. The fourth-order valence-corrected chi connectivity index (χ4v) is 4.15. The molecule has 142 valence electrons. The number of Topliss-reactive ketones (excluding diaryl/α,β-unsaturated/α-hetero) is 1. The Kier molecular flexibility index (Phi) is 5.85. The Morgan fingerprint density at radius 1 is 0.926 bits per heavy atom. The van der Waals surface area contributed by atoms with E-state index in [2.05, 4.69) is 4.90 Å². The van der Waals surface area contributed by atoms with Gasteiger partial charge in [-0.25, -0.2) is 0 Å². The lowest BCUT2D eigenvalue weighted by Crippen LogP contribution is -2.46. The fraction of sp³-hybridized carbons (Fsp3) is 0.435. The number of rotatable bonds is 5. The third kappa shape index (κ3) is 4.57. The number of ketones is 1. The molecule has 4 nitrogen and oxygen atoms in total. The van der Waals surface area contributed by atoms with Crippen molar-refractivity contribution in [3.8, 4) is 11.5 Å². The minimum absolute atomic E-state index is 0.0995. The Balaban J connectivity index is 1.38. The maximum Gasteiger partial charge on any atom is 0.167 e. The Bertz CT molecular complexity index is 738. The van der Waals surface area contributed by atoms with Gasteiger partial charge in [-0.15, -0.1) is 0 Å². The second kappa shape index (κ2) is 8.68. The molecule has 0 N–H and O–H groups in total. The zero-order valence-electron chi connectivity index (χ0n) is 15.7. The summed E-state index contributed by atoms with van der Waals surface area (Å²) in [6.07, 6.45) is 4.27. The van der Waals surface area contributed by atoms with Crippen molar-refractivity contribution >= 4 is 5.78 Å². The zero-order valence-corrected chi connectivity index (χ0v) is 15.7. The quantitative estimate of drug-likeness (QED) is 0.729. The number of piperidine rings is 1. The fourth-order valence-electron chi connectivity index (χ4n) is 4.15. The first-order valence-corrected chi connectivity index (χ1v) is 9.98. The molecule has 2 aromatic rings. The van der Waals surface area contributed by atoms with Crippen molar-refractivity contribution < 1.29 is 14.3 Å². The molecule has 2 aliphatic heterocycles. The van der Waals surface area contributed by atoms with Crippen LogP contribution in [0.2, 0.25) is 0 Å². The van der Waals surface area contributed by atoms with Crippen LogP contribution >= 0.6 is 0 Å². The molecule has 4 rings (SSSR count). The number of nitrogens with zero attached hydrogens (tertiary/aromatic N) is 1. The van der Waals surface area contributed by atoms with Gasteiger partial charge in [-0.05, 0) is 68.6 Å². The molecule has 0 aromatic heterocycles. The topological polar surface area (TPSA) is 38.8 Å². The monoisotopic (exact) mass is 365 g/mol. The van der Waals surface area contributed by atoms with Gasteiger partial charge in [0.05, 0.1) is 0 Å². The van der Waals surface area contributed by atoms with Gasteiger partial charge in [-0.2, -0.15) is 0 Å². The van der Waals surface area contributed by atoms with Crippen molar-refractivity contribution in [1.29, 1.82) is 0 Å². The van der Waals surface area contributed by atoms with Crippen LogP contribution in [0.5, 0.6) is 11.5 Å². The number of ether oxygens (including phenoxy) is 2. The van der Waals surface area contributed by atoms with E-state index in [0.717, 1.165) is 69.0 Å². The first-order valence-electron chi connectivity index (χ1n) is 9.98. The van der Waals surface area contributed by atoms with Crippen molar-refractivity contribution in [2.45, 2.75) is 31.7 Å². The summed E-state index contributed by atoms with van der Waals surface area (Å²) < 4.78 is 11.3. The smallest absolute Gasteiger partial charge is 0.167 e. The molecule has 0 aliphatic carbocycles. The first-order chi connectivity index (χ1) is 13.3. The molecule has 4 heteroatoms. The second-order valence-corrected chi connectivity index (χ2v) is 7.48. The molecule has 2 heterocycles. The van der Waals surface area contributed by atoms with Crippen molar-refractivity contribution in [2.75, 3.05) is 26.3 Å². The van der Waals surface area contributed by atoms with Crippen LogP contribution < -0.4 is 4.74 Å². The van der Waals surface area contributed by atoms with E-state index in [4.69, 9.17) is 9.47 Å². The maximum atomic E-state index is 13.0. The highest BCUT2D eigenvalue weighted by Crippen LogP contribution is 2.27. The average Bonchev–Trinajstić information content (AvgIpc) is 2.75. The van der Waals surface area contributed by atoms with E-state index in [0.29, 0.717) is 6.04 Å². The van der Waals surface area contributed by atoms with E-state index in [1.807, 2.05) is 54.6 Å². The number of carbonyl (C=O) groups excluding carboxylic acids is 1. The number of hydrogen-bond acceptors (Lipinski definition) is 4. The van der Waals surface area contributed by atoms with Gasteiger partial charge in [-0.3, -0.25) is 9.69 Å². The summed E-state index contributed by atoms with van der Waals surface area (Å²) in [6, 6.07) is 17.8. The van der Waals surface area contributed by atoms with Crippen LogP contribution in [0, 0.1) is 5.92 Å². The normalized spacial score (nSPS) is 21.7. The molecule has 2 aromatic carbocycles. The summed E-state index contributed by atoms with van der Waals surface area (Å²) in [5.74, 6) is 1.92. The third-order valence-corrected chi connectivity index (χ3v) is 5.65. The predicted molar refractivity (Wildman–Crippen MR) is 105 cm³/mol. The molecular formula is C23H27NO3. The zero-order chi connectivity index (χ0) is 18.5. The highest BCUT2D eigenvalue weighted by molar-refractivity contribution is 5.98. The van der Waals surface area contributed by atoms with E-state index < -0.39 is 0 Å². The molecule has 0 bridgehead atoms. The largest absolute Gasteiger partial charge is 0.457 e. The maximum absolute atomic E-state index is 13.0. The van der Waals surface area contributed by atoms with Crippen LogP contribution in [0.3, 0.4) is 0 Å². The van der Waals surface area contributed by atoms with E-state index in [1.54, 1.807) is 0 Å². The summed E-state index contributed by atoms with van der Waals surface area (Å²) in [7, 11) is 0. The molecule has 27 heavy (non-hydrogen) atoms. The number of hydrogen-bond donors (Lipinski definition) is 0. The molecule has 0 spiro atoms. The van der Waals surface area contributed by atoms with E-state index >= 15 is 0 Å². The lowest BCUT2D eigenvalue weighted by Gasteiger charge is -2.39. The summed E-state index contributed by atoms with van der Waals surface area (Å²) in [4.78, 5) is 15.5. The Morgan fingerprint density at radius 2 is 1.63 bits per heavy atom. The summed E-state index contributed by atoms with van der Waals surface area (Å²) >= 11 is 0. The van der Waals surface area contributed by atoms with Crippen LogP contribution in [0.15, 0.2) is 54.6 Å². The summed E-state index contributed by atoms with van der Waals surface area (Å²) in [5.41, 5.74) is 0.786. The average molecular weight is 365 g/mol. The number of likely N-dealkylation sites (tertiary alicyclic amines) is 1. The molecule has 1 atom stereocenters. The summed E-state index contributed by atoms with van der Waals surface area (Å²) in [6.45, 7) is 3.69. The minimum Gasteiger partial charge on any atom is -0.457 e. The number of para-hydroxylation sites is 1. The van der Waals surface area contributed by atoms with Crippen LogP contribution in [0.4, 0.5) is 0 Å². The van der Waals surface area contributed by atoms with E-state index in [1.165, 1.54) is 0 Å². The number of carbonyl (C=O) groups is 1. The van der Waals surface area contributed by atoms with Crippen molar-refractivity contribution in [2.24, 2.45) is 5.92 Å². The molecule has 0 radical (unpaired) electrons. The number of benzene rings is 2.